The smallest absolute Gasteiger partial charge is 0.245 e. The fourth-order valence-corrected chi connectivity index (χ4v) is 6.64. The average Bonchev–Trinajstić information content (AvgIpc) is 3.45. The Morgan fingerprint density at radius 3 is 2.47 bits per heavy atom. The predicted octanol–water partition coefficient (Wildman–Crippen LogP) is 2.19. The molecule has 3 aliphatic rings. The second kappa shape index (κ2) is 10.9. The molecule has 4 rings (SSSR count). The number of hydrogen-bond acceptors (Lipinski definition) is 5. The number of carbonyl (C=O) groups excluding carboxylic acids is 3. The normalized spacial score (nSPS) is 31.4. The SMILES string of the molecule is CCCCCNC(=O)C1N([C@@H](CO)Cc2ccccc2)C(=O)[C@@H]2[C@@H](C(=O)NCCC)[C@@]3(C)CCC12O3. The van der Waals surface area contributed by atoms with Gasteiger partial charge in [0, 0.05) is 13.1 Å². The molecule has 8 nitrogen and oxygen atoms in total. The maximum Gasteiger partial charge on any atom is 0.245 e. The Bertz CT molecular complexity index is 956. The first-order valence-corrected chi connectivity index (χ1v) is 13.6. The van der Waals surface area contributed by atoms with Gasteiger partial charge in [0.05, 0.1) is 30.1 Å². The van der Waals surface area contributed by atoms with Gasteiger partial charge in [-0.1, -0.05) is 57.0 Å². The maximum absolute atomic E-state index is 14.2. The summed E-state index contributed by atoms with van der Waals surface area (Å²) >= 11 is 0. The van der Waals surface area contributed by atoms with E-state index < -0.39 is 35.1 Å². The van der Waals surface area contributed by atoms with Crippen molar-refractivity contribution in [3.05, 3.63) is 35.9 Å². The van der Waals surface area contributed by atoms with Gasteiger partial charge in [-0.05, 0) is 44.6 Å². The van der Waals surface area contributed by atoms with Gasteiger partial charge in [-0.2, -0.15) is 0 Å². The Kier molecular flexibility index (Phi) is 8.05. The molecule has 0 aliphatic carbocycles. The van der Waals surface area contributed by atoms with Crippen molar-refractivity contribution in [1.82, 2.24) is 15.5 Å². The zero-order valence-corrected chi connectivity index (χ0v) is 21.8. The monoisotopic (exact) mass is 499 g/mol. The van der Waals surface area contributed by atoms with E-state index in [-0.39, 0.29) is 24.3 Å². The summed E-state index contributed by atoms with van der Waals surface area (Å²) in [6.45, 7) is 6.75. The quantitative estimate of drug-likeness (QED) is 0.382. The molecule has 3 aliphatic heterocycles. The summed E-state index contributed by atoms with van der Waals surface area (Å²) in [5.41, 5.74) is -0.895. The molecule has 8 heteroatoms. The number of unbranched alkanes of at least 4 members (excludes halogenated alkanes) is 2. The molecular weight excluding hydrogens is 458 g/mol. The van der Waals surface area contributed by atoms with Crippen molar-refractivity contribution in [2.24, 2.45) is 11.8 Å². The highest BCUT2D eigenvalue weighted by molar-refractivity contribution is 5.99. The van der Waals surface area contributed by atoms with Gasteiger partial charge in [0.15, 0.2) is 0 Å². The van der Waals surface area contributed by atoms with Crippen LogP contribution in [0.5, 0.6) is 0 Å². The van der Waals surface area contributed by atoms with Crippen LogP contribution in [0.25, 0.3) is 0 Å². The van der Waals surface area contributed by atoms with Crippen LogP contribution in [0.15, 0.2) is 30.3 Å². The van der Waals surface area contributed by atoms with Crippen LogP contribution >= 0.6 is 0 Å². The first-order valence-electron chi connectivity index (χ1n) is 13.6. The fourth-order valence-electron chi connectivity index (χ4n) is 6.64. The van der Waals surface area contributed by atoms with E-state index in [1.807, 2.05) is 44.2 Å². The number of aliphatic hydroxyl groups excluding tert-OH is 1. The van der Waals surface area contributed by atoms with E-state index in [1.165, 1.54) is 0 Å². The number of amides is 3. The molecule has 0 radical (unpaired) electrons. The van der Waals surface area contributed by atoms with E-state index in [0.717, 1.165) is 31.2 Å². The zero-order chi connectivity index (χ0) is 25.9. The van der Waals surface area contributed by atoms with E-state index in [9.17, 15) is 19.5 Å². The molecule has 1 spiro atoms. The summed E-state index contributed by atoms with van der Waals surface area (Å²) in [5.74, 6) is -2.12. The lowest BCUT2D eigenvalue weighted by atomic mass is 9.66. The van der Waals surface area contributed by atoms with Gasteiger partial charge < -0.3 is 25.4 Å². The molecule has 3 heterocycles. The molecule has 2 bridgehead atoms. The Hall–Kier alpha value is -2.45. The van der Waals surface area contributed by atoms with E-state index in [1.54, 1.807) is 4.90 Å². The van der Waals surface area contributed by atoms with E-state index >= 15 is 0 Å². The minimum Gasteiger partial charge on any atom is -0.394 e. The number of hydrogen-bond donors (Lipinski definition) is 3. The van der Waals surface area contributed by atoms with E-state index in [4.69, 9.17) is 4.74 Å². The number of aliphatic hydroxyl groups is 1. The third-order valence-electron chi connectivity index (χ3n) is 8.29. The second-order valence-corrected chi connectivity index (χ2v) is 10.8. The average molecular weight is 500 g/mol. The van der Waals surface area contributed by atoms with Crippen molar-refractivity contribution < 1.29 is 24.2 Å². The minimum absolute atomic E-state index is 0.188. The second-order valence-electron chi connectivity index (χ2n) is 10.8. The molecular formula is C28H41N3O5. The van der Waals surface area contributed by atoms with Gasteiger partial charge >= 0.3 is 0 Å². The van der Waals surface area contributed by atoms with Crippen LogP contribution in [-0.4, -0.2) is 70.7 Å². The third kappa shape index (κ3) is 4.54. The number of rotatable bonds is 12. The zero-order valence-electron chi connectivity index (χ0n) is 21.8. The van der Waals surface area contributed by atoms with Crippen LogP contribution in [0.2, 0.25) is 0 Å². The summed E-state index contributed by atoms with van der Waals surface area (Å²) in [4.78, 5) is 42.8. The van der Waals surface area contributed by atoms with Gasteiger partial charge in [0.1, 0.15) is 11.6 Å². The lowest BCUT2D eigenvalue weighted by molar-refractivity contribution is -0.149. The van der Waals surface area contributed by atoms with Crippen molar-refractivity contribution >= 4 is 17.7 Å². The highest BCUT2D eigenvalue weighted by Gasteiger charge is 2.78. The number of nitrogens with zero attached hydrogens (tertiary/aromatic N) is 1. The molecule has 0 aromatic heterocycles. The Labute approximate surface area is 214 Å². The van der Waals surface area contributed by atoms with Crippen LogP contribution in [0, 0.1) is 11.8 Å². The van der Waals surface area contributed by atoms with Crippen molar-refractivity contribution in [2.45, 2.75) is 89.0 Å². The molecule has 36 heavy (non-hydrogen) atoms. The lowest BCUT2D eigenvalue weighted by Gasteiger charge is -2.37. The number of fused-ring (bicyclic) bond motifs is 1. The topological polar surface area (TPSA) is 108 Å². The predicted molar refractivity (Wildman–Crippen MR) is 136 cm³/mol. The Balaban J connectivity index is 1.70. The molecule has 6 atom stereocenters. The molecule has 3 amide bonds. The standard InChI is InChI=1S/C28H41N3O5/c1-4-6-10-16-30-25(34)23-28-14-13-27(3,36-28)21(24(33)29-15-5-2)22(28)26(35)31(23)20(18-32)17-19-11-8-7-9-12-19/h7-9,11-12,20-23,32H,4-6,10,13-18H2,1-3H3,(H,29,33)(H,30,34)/t20-,21+,22+,23?,27-,28?/m1/s1. The van der Waals surface area contributed by atoms with Crippen LogP contribution in [0.4, 0.5) is 0 Å². The maximum atomic E-state index is 14.2. The molecule has 2 unspecified atom stereocenters. The number of carbonyl (C=O) groups is 3. The minimum atomic E-state index is -1.07. The number of nitrogens with one attached hydrogen (secondary N) is 2. The van der Waals surface area contributed by atoms with Crippen molar-refractivity contribution in [3.8, 4) is 0 Å². The largest absolute Gasteiger partial charge is 0.394 e. The van der Waals surface area contributed by atoms with Gasteiger partial charge in [-0.3, -0.25) is 14.4 Å². The summed E-state index contributed by atoms with van der Waals surface area (Å²) in [6.07, 6.45) is 5.24. The fraction of sp³-hybridized carbons (Fsp3) is 0.679. The summed E-state index contributed by atoms with van der Waals surface area (Å²) in [5, 5.41) is 16.4. The summed E-state index contributed by atoms with van der Waals surface area (Å²) in [6, 6.07) is 8.17. The van der Waals surface area contributed by atoms with Crippen LogP contribution in [-0.2, 0) is 25.5 Å². The number of ether oxygens (including phenoxy) is 1. The highest BCUT2D eigenvalue weighted by Crippen LogP contribution is 2.63. The van der Waals surface area contributed by atoms with Gasteiger partial charge in [-0.15, -0.1) is 0 Å². The molecule has 198 valence electrons. The highest BCUT2D eigenvalue weighted by atomic mass is 16.5. The van der Waals surface area contributed by atoms with Crippen LogP contribution < -0.4 is 10.6 Å². The van der Waals surface area contributed by atoms with Gasteiger partial charge in [0.25, 0.3) is 0 Å². The summed E-state index contributed by atoms with van der Waals surface area (Å²) in [7, 11) is 0. The Morgan fingerprint density at radius 2 is 1.81 bits per heavy atom. The van der Waals surface area contributed by atoms with E-state index in [2.05, 4.69) is 17.6 Å². The van der Waals surface area contributed by atoms with Crippen molar-refractivity contribution in [3.63, 3.8) is 0 Å². The molecule has 3 saturated heterocycles. The molecule has 3 fully saturated rings. The van der Waals surface area contributed by atoms with Crippen molar-refractivity contribution in [1.29, 1.82) is 0 Å². The molecule has 3 N–H and O–H groups in total. The first kappa shape index (κ1) is 26.6. The van der Waals surface area contributed by atoms with Crippen molar-refractivity contribution in [2.75, 3.05) is 19.7 Å². The lowest BCUT2D eigenvalue weighted by Crippen LogP contribution is -2.58. The third-order valence-corrected chi connectivity index (χ3v) is 8.29. The number of likely N-dealkylation sites (tertiary alicyclic amines) is 1. The van der Waals surface area contributed by atoms with Gasteiger partial charge in [0.2, 0.25) is 17.7 Å². The number of benzene rings is 1. The van der Waals surface area contributed by atoms with E-state index in [0.29, 0.717) is 32.4 Å². The molecule has 0 saturated carbocycles. The molecule has 1 aromatic rings. The first-order chi connectivity index (χ1) is 17.3. The Morgan fingerprint density at radius 1 is 1.08 bits per heavy atom. The molecule has 1 aromatic carbocycles. The van der Waals surface area contributed by atoms with Crippen LogP contribution in [0.1, 0.15) is 64.9 Å². The summed E-state index contributed by atoms with van der Waals surface area (Å²) < 4.78 is 6.63. The van der Waals surface area contributed by atoms with Gasteiger partial charge in [-0.25, -0.2) is 0 Å². The van der Waals surface area contributed by atoms with Crippen LogP contribution in [0.3, 0.4) is 0 Å².